The number of carbonyl (C=O) groups excluding carboxylic acids is 2. The van der Waals surface area contributed by atoms with Crippen molar-refractivity contribution in [2.75, 3.05) is 26.7 Å². The van der Waals surface area contributed by atoms with Crippen LogP contribution in [0.1, 0.15) is 31.2 Å². The van der Waals surface area contributed by atoms with Crippen molar-refractivity contribution in [1.29, 1.82) is 0 Å². The van der Waals surface area contributed by atoms with E-state index in [-0.39, 0.29) is 59.5 Å². The lowest BCUT2D eigenvalue weighted by Crippen LogP contribution is -2.41. The van der Waals surface area contributed by atoms with Crippen LogP contribution in [0.15, 0.2) is 23.2 Å². The molecule has 2 heterocycles. The van der Waals surface area contributed by atoms with E-state index in [0.29, 0.717) is 25.4 Å². The number of guanidine groups is 1. The van der Waals surface area contributed by atoms with Crippen molar-refractivity contribution in [3.63, 3.8) is 0 Å². The Morgan fingerprint density at radius 1 is 1.19 bits per heavy atom. The fraction of sp³-hybridized carbons (Fsp3) is 0.652. The molecule has 2 amide bonds. The fourth-order valence-corrected chi connectivity index (χ4v) is 5.34. The van der Waals surface area contributed by atoms with Crippen LogP contribution in [0.5, 0.6) is 0 Å². The van der Waals surface area contributed by atoms with Crippen molar-refractivity contribution in [2.45, 2.75) is 40.2 Å². The van der Waals surface area contributed by atoms with E-state index < -0.39 is 0 Å². The zero-order valence-corrected chi connectivity index (χ0v) is 21.7. The first-order chi connectivity index (χ1) is 14.9. The van der Waals surface area contributed by atoms with Gasteiger partial charge in [0.25, 0.3) is 0 Å². The number of likely N-dealkylation sites (tertiary alicyclic amines) is 1. The number of allylic oxidation sites excluding steroid dienone is 2. The van der Waals surface area contributed by atoms with Crippen LogP contribution in [0.3, 0.4) is 0 Å². The summed E-state index contributed by atoms with van der Waals surface area (Å²) in [4.78, 5) is 31.2. The molecular weight excluding hydrogens is 519 g/mol. The molecule has 1 aliphatic heterocycles. The van der Waals surface area contributed by atoms with Crippen LogP contribution < -0.4 is 10.6 Å². The Morgan fingerprint density at radius 2 is 1.84 bits per heavy atom. The molecule has 1 aromatic heterocycles. The Kier molecular flexibility index (Phi) is 8.00. The Bertz CT molecular complexity index is 880. The average molecular weight is 554 g/mol. The molecule has 0 aromatic carbocycles. The molecule has 1 saturated carbocycles. The summed E-state index contributed by atoms with van der Waals surface area (Å²) >= 11 is 0. The largest absolute Gasteiger partial charge is 0.356 e. The highest BCUT2D eigenvalue weighted by Gasteiger charge is 2.58. The molecule has 0 spiro atoms. The van der Waals surface area contributed by atoms with Gasteiger partial charge >= 0.3 is 0 Å². The number of aryl methyl sites for hydroxylation is 2. The molecule has 2 N–H and O–H groups in total. The van der Waals surface area contributed by atoms with E-state index in [4.69, 9.17) is 0 Å². The highest BCUT2D eigenvalue weighted by atomic mass is 127. The second-order valence-corrected chi connectivity index (χ2v) is 9.28. The molecule has 176 valence electrons. The molecule has 5 atom stereocenters. The predicted octanol–water partition coefficient (Wildman–Crippen LogP) is 2.12. The number of fused-ring (bicyclic) bond motifs is 5. The lowest BCUT2D eigenvalue weighted by atomic mass is 9.85. The Balaban J connectivity index is 0.00000289. The minimum absolute atomic E-state index is 0. The van der Waals surface area contributed by atoms with Crippen molar-refractivity contribution in [1.82, 2.24) is 25.3 Å². The topological polar surface area (TPSA) is 91.6 Å². The second kappa shape index (κ2) is 10.4. The van der Waals surface area contributed by atoms with Gasteiger partial charge in [0.1, 0.15) is 0 Å². The summed E-state index contributed by atoms with van der Waals surface area (Å²) < 4.78 is 2.04. The molecule has 8 nitrogen and oxygen atoms in total. The zero-order valence-electron chi connectivity index (χ0n) is 19.4. The third-order valence-electron chi connectivity index (χ3n) is 6.84. The third kappa shape index (κ3) is 4.87. The predicted molar refractivity (Wildman–Crippen MR) is 135 cm³/mol. The SMILES string of the molecule is CN=C(NCCCN1C(=O)C2C3C=CC(C3)C2C1=O)NCC(C)Cn1nc(C)cc1C.I. The highest BCUT2D eigenvalue weighted by molar-refractivity contribution is 14.0. The van der Waals surface area contributed by atoms with E-state index in [1.165, 1.54) is 10.6 Å². The molecule has 4 rings (SSSR count). The number of nitrogens with zero attached hydrogens (tertiary/aromatic N) is 4. The molecule has 2 bridgehead atoms. The van der Waals surface area contributed by atoms with Gasteiger partial charge in [0.2, 0.25) is 11.8 Å². The van der Waals surface area contributed by atoms with Crippen LogP contribution in [0.25, 0.3) is 0 Å². The molecule has 2 aliphatic carbocycles. The van der Waals surface area contributed by atoms with Crippen LogP contribution in [0, 0.1) is 43.4 Å². The van der Waals surface area contributed by atoms with Crippen LogP contribution in [-0.2, 0) is 16.1 Å². The maximum atomic E-state index is 12.7. The van der Waals surface area contributed by atoms with Crippen LogP contribution in [0.2, 0.25) is 0 Å². The number of carbonyl (C=O) groups is 2. The maximum absolute atomic E-state index is 12.7. The standard InChI is InChI=1S/C23H34N6O2.HI/c1-14(13-29-16(3)10-15(2)27-29)12-26-23(24-4)25-8-5-9-28-21(30)19-17-6-7-18(11-17)20(19)22(28)31;/h6-7,10,14,17-20H,5,8-9,11-13H2,1-4H3,(H2,24,25,26);1H. The van der Waals surface area contributed by atoms with Crippen LogP contribution >= 0.6 is 24.0 Å². The number of aromatic nitrogens is 2. The number of halogens is 1. The second-order valence-electron chi connectivity index (χ2n) is 9.28. The lowest BCUT2D eigenvalue weighted by Gasteiger charge is -2.19. The van der Waals surface area contributed by atoms with Gasteiger partial charge in [0.15, 0.2) is 5.96 Å². The fourth-order valence-electron chi connectivity index (χ4n) is 5.34. The van der Waals surface area contributed by atoms with Crippen LogP contribution in [-0.4, -0.2) is 59.1 Å². The number of imide groups is 1. The number of hydrogen-bond acceptors (Lipinski definition) is 4. The van der Waals surface area contributed by atoms with Gasteiger partial charge in [-0.1, -0.05) is 19.1 Å². The molecule has 1 aromatic rings. The maximum Gasteiger partial charge on any atom is 0.233 e. The molecule has 2 fully saturated rings. The number of nitrogens with one attached hydrogen (secondary N) is 2. The van der Waals surface area contributed by atoms with E-state index in [9.17, 15) is 9.59 Å². The number of rotatable bonds is 8. The minimum Gasteiger partial charge on any atom is -0.356 e. The van der Waals surface area contributed by atoms with Crippen molar-refractivity contribution in [2.24, 2.45) is 34.6 Å². The molecular formula is C23H35IN6O2. The number of amides is 2. The zero-order chi connectivity index (χ0) is 22.1. The quantitative estimate of drug-likeness (QED) is 0.128. The summed E-state index contributed by atoms with van der Waals surface area (Å²) in [6.45, 7) is 9.02. The minimum atomic E-state index is -0.103. The van der Waals surface area contributed by atoms with E-state index in [1.54, 1.807) is 7.05 Å². The highest BCUT2D eigenvalue weighted by Crippen LogP contribution is 2.52. The molecule has 1 saturated heterocycles. The Labute approximate surface area is 207 Å². The van der Waals surface area contributed by atoms with Gasteiger partial charge in [-0.15, -0.1) is 24.0 Å². The van der Waals surface area contributed by atoms with Gasteiger partial charge in [-0.3, -0.25) is 24.2 Å². The summed E-state index contributed by atoms with van der Waals surface area (Å²) in [5, 5.41) is 11.2. The Morgan fingerprint density at radius 3 is 2.41 bits per heavy atom. The summed E-state index contributed by atoms with van der Waals surface area (Å²) in [5.74, 6) is 1.53. The van der Waals surface area contributed by atoms with E-state index in [2.05, 4.69) is 52.8 Å². The van der Waals surface area contributed by atoms with Gasteiger partial charge in [0.05, 0.1) is 17.5 Å². The van der Waals surface area contributed by atoms with E-state index in [1.807, 2.05) is 11.6 Å². The summed E-state index contributed by atoms with van der Waals surface area (Å²) in [6.07, 6.45) is 5.95. The van der Waals surface area contributed by atoms with E-state index in [0.717, 1.165) is 31.2 Å². The molecule has 0 radical (unpaired) electrons. The summed E-state index contributed by atoms with van der Waals surface area (Å²) in [5.41, 5.74) is 2.21. The first kappa shape index (κ1) is 24.7. The third-order valence-corrected chi connectivity index (χ3v) is 6.84. The first-order valence-electron chi connectivity index (χ1n) is 11.4. The van der Waals surface area contributed by atoms with Crippen molar-refractivity contribution >= 4 is 41.8 Å². The normalized spacial score (nSPS) is 27.0. The van der Waals surface area contributed by atoms with Crippen LogP contribution in [0.4, 0.5) is 0 Å². The first-order valence-corrected chi connectivity index (χ1v) is 11.4. The van der Waals surface area contributed by atoms with Crippen molar-refractivity contribution < 1.29 is 9.59 Å². The molecule has 32 heavy (non-hydrogen) atoms. The van der Waals surface area contributed by atoms with Crippen molar-refractivity contribution in [3.8, 4) is 0 Å². The van der Waals surface area contributed by atoms with Gasteiger partial charge in [0, 0.05) is 38.9 Å². The summed E-state index contributed by atoms with van der Waals surface area (Å²) in [7, 11) is 1.75. The smallest absolute Gasteiger partial charge is 0.233 e. The average Bonchev–Trinajstić information content (AvgIpc) is 3.48. The molecule has 9 heteroatoms. The van der Waals surface area contributed by atoms with Gasteiger partial charge in [-0.05, 0) is 50.5 Å². The van der Waals surface area contributed by atoms with E-state index >= 15 is 0 Å². The number of aliphatic imine (C=N–C) groups is 1. The van der Waals surface area contributed by atoms with Gasteiger partial charge in [-0.25, -0.2) is 0 Å². The van der Waals surface area contributed by atoms with Gasteiger partial charge in [-0.2, -0.15) is 5.10 Å². The van der Waals surface area contributed by atoms with Gasteiger partial charge < -0.3 is 10.6 Å². The monoisotopic (exact) mass is 554 g/mol. The van der Waals surface area contributed by atoms with Crippen molar-refractivity contribution in [3.05, 3.63) is 29.6 Å². The summed E-state index contributed by atoms with van der Waals surface area (Å²) in [6, 6.07) is 2.09. The Hall–Kier alpha value is -1.91. The lowest BCUT2D eigenvalue weighted by molar-refractivity contribution is -0.140. The molecule has 5 unspecified atom stereocenters. The number of hydrogen-bond donors (Lipinski definition) is 2. The molecule has 3 aliphatic rings.